The quantitative estimate of drug-likeness (QED) is 0.746. The van der Waals surface area contributed by atoms with Crippen molar-refractivity contribution >= 4 is 6.09 Å². The van der Waals surface area contributed by atoms with Crippen molar-refractivity contribution in [2.45, 2.75) is 26.8 Å². The molecule has 82 valence electrons. The minimum absolute atomic E-state index is 0.142. The molecule has 3 heteroatoms. The Labute approximate surface area is 90.7 Å². The summed E-state index contributed by atoms with van der Waals surface area (Å²) in [6.07, 6.45) is -0.325. The van der Waals surface area contributed by atoms with Gasteiger partial charge in [-0.15, -0.1) is 0 Å². The first-order chi connectivity index (χ1) is 7.00. The van der Waals surface area contributed by atoms with Gasteiger partial charge in [0.05, 0.1) is 0 Å². The van der Waals surface area contributed by atoms with Gasteiger partial charge in [-0.05, 0) is 32.9 Å². The topological polar surface area (TPSA) is 29.5 Å². The van der Waals surface area contributed by atoms with E-state index in [1.807, 2.05) is 32.9 Å². The summed E-state index contributed by atoms with van der Waals surface area (Å²) >= 11 is 0. The van der Waals surface area contributed by atoms with E-state index < -0.39 is 0 Å². The van der Waals surface area contributed by atoms with Crippen molar-refractivity contribution in [1.82, 2.24) is 4.90 Å². The zero-order valence-electron chi connectivity index (χ0n) is 9.65. The van der Waals surface area contributed by atoms with Crippen molar-refractivity contribution in [1.29, 1.82) is 0 Å². The molecule has 0 radical (unpaired) electrons. The molecule has 0 fully saturated rings. The molecule has 0 unspecified atom stereocenters. The zero-order valence-corrected chi connectivity index (χ0v) is 9.65. The number of aryl methyl sites for hydroxylation is 1. The van der Waals surface area contributed by atoms with Crippen LogP contribution in [0.3, 0.4) is 0 Å². The van der Waals surface area contributed by atoms with Crippen molar-refractivity contribution in [2.75, 3.05) is 7.05 Å². The number of ether oxygens (including phenoxy) is 1. The molecule has 0 aliphatic heterocycles. The van der Waals surface area contributed by atoms with Crippen LogP contribution in [0.5, 0.6) is 5.75 Å². The van der Waals surface area contributed by atoms with Crippen LogP contribution in [0.2, 0.25) is 0 Å². The molecule has 0 atom stereocenters. The molecule has 0 spiro atoms. The average molecular weight is 207 g/mol. The molecule has 3 nitrogen and oxygen atoms in total. The van der Waals surface area contributed by atoms with Crippen LogP contribution in [0.15, 0.2) is 24.3 Å². The van der Waals surface area contributed by atoms with E-state index in [-0.39, 0.29) is 12.1 Å². The summed E-state index contributed by atoms with van der Waals surface area (Å²) in [6.45, 7) is 5.87. The lowest BCUT2D eigenvalue weighted by atomic mass is 10.2. The number of hydrogen-bond donors (Lipinski definition) is 0. The molecule has 0 aliphatic rings. The summed E-state index contributed by atoms with van der Waals surface area (Å²) in [7, 11) is 1.72. The number of carbonyl (C=O) groups excluding carboxylic acids is 1. The van der Waals surface area contributed by atoms with E-state index in [0.29, 0.717) is 5.75 Å². The van der Waals surface area contributed by atoms with E-state index >= 15 is 0 Å². The Morgan fingerprint density at radius 3 is 2.27 bits per heavy atom. The van der Waals surface area contributed by atoms with Crippen LogP contribution in [-0.2, 0) is 0 Å². The van der Waals surface area contributed by atoms with E-state index in [4.69, 9.17) is 4.74 Å². The molecular weight excluding hydrogens is 190 g/mol. The highest BCUT2D eigenvalue weighted by molar-refractivity contribution is 5.70. The van der Waals surface area contributed by atoms with Gasteiger partial charge in [0.15, 0.2) is 0 Å². The number of nitrogens with zero attached hydrogens (tertiary/aromatic N) is 1. The molecule has 1 aromatic rings. The molecule has 1 rings (SSSR count). The molecule has 0 saturated heterocycles. The maximum atomic E-state index is 11.5. The summed E-state index contributed by atoms with van der Waals surface area (Å²) in [5.41, 5.74) is 1.15. The van der Waals surface area contributed by atoms with Gasteiger partial charge in [-0.25, -0.2) is 4.79 Å². The van der Waals surface area contributed by atoms with E-state index in [1.54, 1.807) is 24.1 Å². The lowest BCUT2D eigenvalue weighted by molar-refractivity contribution is 0.152. The van der Waals surface area contributed by atoms with Gasteiger partial charge in [0.2, 0.25) is 0 Å². The molecule has 0 N–H and O–H groups in total. The van der Waals surface area contributed by atoms with Crippen LogP contribution >= 0.6 is 0 Å². The Bertz CT molecular complexity index is 330. The average Bonchev–Trinajstić information content (AvgIpc) is 2.20. The molecule has 0 aromatic heterocycles. The lowest BCUT2D eigenvalue weighted by Gasteiger charge is -2.20. The summed E-state index contributed by atoms with van der Waals surface area (Å²) in [4.78, 5) is 13.1. The third-order valence-electron chi connectivity index (χ3n) is 2.29. The van der Waals surface area contributed by atoms with Crippen LogP contribution in [0.25, 0.3) is 0 Å². The molecule has 0 heterocycles. The van der Waals surface area contributed by atoms with Crippen molar-refractivity contribution < 1.29 is 9.53 Å². The molecule has 15 heavy (non-hydrogen) atoms. The van der Waals surface area contributed by atoms with Gasteiger partial charge in [-0.2, -0.15) is 0 Å². The predicted octanol–water partition coefficient (Wildman–Crippen LogP) is 2.83. The van der Waals surface area contributed by atoms with Crippen LogP contribution in [0.4, 0.5) is 4.79 Å². The third-order valence-corrected chi connectivity index (χ3v) is 2.29. The largest absolute Gasteiger partial charge is 0.415 e. The Hall–Kier alpha value is -1.51. The van der Waals surface area contributed by atoms with Gasteiger partial charge < -0.3 is 9.64 Å². The Kier molecular flexibility index (Phi) is 3.72. The molecule has 1 amide bonds. The number of hydrogen-bond acceptors (Lipinski definition) is 2. The Morgan fingerprint density at radius 1 is 1.27 bits per heavy atom. The Balaban J connectivity index is 2.62. The number of benzene rings is 1. The second-order valence-corrected chi connectivity index (χ2v) is 3.89. The van der Waals surface area contributed by atoms with Crippen molar-refractivity contribution in [3.05, 3.63) is 29.8 Å². The predicted molar refractivity (Wildman–Crippen MR) is 60.1 cm³/mol. The van der Waals surface area contributed by atoms with Crippen LogP contribution in [0, 0.1) is 6.92 Å². The van der Waals surface area contributed by atoms with E-state index in [0.717, 1.165) is 5.56 Å². The van der Waals surface area contributed by atoms with Gasteiger partial charge in [0.25, 0.3) is 0 Å². The van der Waals surface area contributed by atoms with Crippen molar-refractivity contribution in [3.8, 4) is 5.75 Å². The van der Waals surface area contributed by atoms with Gasteiger partial charge in [-0.1, -0.05) is 17.7 Å². The van der Waals surface area contributed by atoms with E-state index in [9.17, 15) is 4.79 Å². The number of amides is 1. The number of carbonyl (C=O) groups is 1. The molecule has 0 bridgehead atoms. The SMILES string of the molecule is Cc1ccc(OC(=O)N(C)C(C)C)cc1. The summed E-state index contributed by atoms with van der Waals surface area (Å²) in [5, 5.41) is 0. The number of rotatable bonds is 2. The summed E-state index contributed by atoms with van der Waals surface area (Å²) < 4.78 is 5.18. The van der Waals surface area contributed by atoms with Gasteiger partial charge in [0.1, 0.15) is 5.75 Å². The normalized spacial score (nSPS) is 10.2. The fraction of sp³-hybridized carbons (Fsp3) is 0.417. The van der Waals surface area contributed by atoms with Crippen molar-refractivity contribution in [3.63, 3.8) is 0 Å². The minimum atomic E-state index is -0.325. The minimum Gasteiger partial charge on any atom is -0.410 e. The highest BCUT2D eigenvalue weighted by Crippen LogP contribution is 2.12. The second kappa shape index (κ2) is 4.82. The molecule has 0 aliphatic carbocycles. The van der Waals surface area contributed by atoms with Gasteiger partial charge in [-0.3, -0.25) is 0 Å². The fourth-order valence-electron chi connectivity index (χ4n) is 0.990. The maximum Gasteiger partial charge on any atom is 0.415 e. The highest BCUT2D eigenvalue weighted by Gasteiger charge is 2.13. The molecule has 1 aromatic carbocycles. The third kappa shape index (κ3) is 3.27. The smallest absolute Gasteiger partial charge is 0.410 e. The zero-order chi connectivity index (χ0) is 11.4. The first kappa shape index (κ1) is 11.6. The lowest BCUT2D eigenvalue weighted by Crippen LogP contribution is -2.35. The van der Waals surface area contributed by atoms with E-state index in [1.165, 1.54) is 0 Å². The van der Waals surface area contributed by atoms with E-state index in [2.05, 4.69) is 0 Å². The van der Waals surface area contributed by atoms with Gasteiger partial charge in [0, 0.05) is 13.1 Å². The van der Waals surface area contributed by atoms with Crippen LogP contribution in [0.1, 0.15) is 19.4 Å². The Morgan fingerprint density at radius 2 is 1.80 bits per heavy atom. The monoisotopic (exact) mass is 207 g/mol. The maximum absolute atomic E-state index is 11.5. The van der Waals surface area contributed by atoms with Crippen LogP contribution < -0.4 is 4.74 Å². The van der Waals surface area contributed by atoms with Crippen molar-refractivity contribution in [2.24, 2.45) is 0 Å². The highest BCUT2D eigenvalue weighted by atomic mass is 16.6. The standard InChI is InChI=1S/C12H17NO2/c1-9(2)13(4)12(14)15-11-7-5-10(3)6-8-11/h5-9H,1-4H3. The first-order valence-corrected chi connectivity index (χ1v) is 5.02. The molecule has 0 saturated carbocycles. The van der Waals surface area contributed by atoms with Crippen LogP contribution in [-0.4, -0.2) is 24.1 Å². The summed E-state index contributed by atoms with van der Waals surface area (Å²) in [6, 6.07) is 7.56. The summed E-state index contributed by atoms with van der Waals surface area (Å²) in [5.74, 6) is 0.582. The fourth-order valence-corrected chi connectivity index (χ4v) is 0.990. The molecular formula is C12H17NO2. The second-order valence-electron chi connectivity index (χ2n) is 3.89. The first-order valence-electron chi connectivity index (χ1n) is 5.02. The van der Waals surface area contributed by atoms with Gasteiger partial charge >= 0.3 is 6.09 Å².